The molecule has 0 aromatic heterocycles. The van der Waals surface area contributed by atoms with E-state index in [9.17, 15) is 4.79 Å². The molecule has 1 aliphatic rings. The molecule has 1 rings (SSSR count). The van der Waals surface area contributed by atoms with Gasteiger partial charge in [-0.2, -0.15) is 5.26 Å². The highest BCUT2D eigenvalue weighted by atomic mass is 127. The van der Waals surface area contributed by atoms with Gasteiger partial charge >= 0.3 is 0 Å². The molecule has 0 aromatic rings. The number of rotatable bonds is 2. The number of hydrogen-bond acceptors (Lipinski definition) is 3. The van der Waals surface area contributed by atoms with Crippen LogP contribution < -0.4 is 0 Å². The van der Waals surface area contributed by atoms with E-state index < -0.39 is 0 Å². The zero-order valence-corrected chi connectivity index (χ0v) is 10.4. The van der Waals surface area contributed by atoms with Gasteiger partial charge in [-0.15, -0.1) is 0 Å². The van der Waals surface area contributed by atoms with Crippen molar-refractivity contribution < 1.29 is 4.79 Å². The van der Waals surface area contributed by atoms with Crippen LogP contribution in [0.25, 0.3) is 0 Å². The molecule has 1 aliphatic heterocycles. The Balaban J connectivity index is 2.36. The molecule has 0 aliphatic carbocycles. The summed E-state index contributed by atoms with van der Waals surface area (Å²) in [5.41, 5.74) is 0. The Morgan fingerprint density at radius 1 is 1.50 bits per heavy atom. The summed E-state index contributed by atoms with van der Waals surface area (Å²) < 4.78 is 0.515. The van der Waals surface area contributed by atoms with Gasteiger partial charge in [0.1, 0.15) is 6.42 Å². The molecule has 1 amide bonds. The minimum Gasteiger partial charge on any atom is -0.339 e. The summed E-state index contributed by atoms with van der Waals surface area (Å²) >= 11 is 2.37. The molecule has 1 fully saturated rings. The maximum absolute atomic E-state index is 11.4. The Kier molecular flexibility index (Phi) is 4.62. The van der Waals surface area contributed by atoms with Crippen LogP contribution in [0.1, 0.15) is 13.3 Å². The fourth-order valence-electron chi connectivity index (χ4n) is 1.51. The monoisotopic (exact) mass is 307 g/mol. The summed E-state index contributed by atoms with van der Waals surface area (Å²) in [5.74, 6) is -0.0340. The van der Waals surface area contributed by atoms with Gasteiger partial charge in [-0.1, -0.05) is 22.6 Å². The van der Waals surface area contributed by atoms with Crippen LogP contribution in [-0.2, 0) is 4.79 Å². The highest BCUT2D eigenvalue weighted by molar-refractivity contribution is 14.1. The molecule has 0 N–H and O–H groups in total. The molecular formula is C9H14IN3O. The number of carbonyl (C=O) groups is 1. The normalized spacial score (nSPS) is 20.2. The van der Waals surface area contributed by atoms with E-state index in [-0.39, 0.29) is 12.3 Å². The average molecular weight is 307 g/mol. The van der Waals surface area contributed by atoms with Crippen molar-refractivity contribution in [2.45, 2.75) is 17.4 Å². The lowest BCUT2D eigenvalue weighted by molar-refractivity contribution is -0.131. The molecule has 1 unspecified atom stereocenters. The van der Waals surface area contributed by atoms with Crippen molar-refractivity contribution in [3.8, 4) is 6.07 Å². The van der Waals surface area contributed by atoms with Gasteiger partial charge in [0.15, 0.2) is 0 Å². The van der Waals surface area contributed by atoms with Gasteiger partial charge in [-0.25, -0.2) is 0 Å². The molecule has 0 radical (unpaired) electrons. The van der Waals surface area contributed by atoms with Crippen LogP contribution in [0.5, 0.6) is 0 Å². The largest absolute Gasteiger partial charge is 0.339 e. The van der Waals surface area contributed by atoms with E-state index in [1.807, 2.05) is 6.07 Å². The smallest absolute Gasteiger partial charge is 0.236 e. The second-order valence-corrected chi connectivity index (χ2v) is 5.13. The quantitative estimate of drug-likeness (QED) is 0.431. The Morgan fingerprint density at radius 3 is 2.50 bits per heavy atom. The molecule has 0 spiro atoms. The highest BCUT2D eigenvalue weighted by Crippen LogP contribution is 2.11. The zero-order valence-electron chi connectivity index (χ0n) is 8.24. The number of piperazine rings is 1. The van der Waals surface area contributed by atoms with E-state index >= 15 is 0 Å². The first-order chi connectivity index (χ1) is 6.65. The Labute approximate surface area is 98.0 Å². The Bertz CT molecular complexity index is 241. The summed E-state index contributed by atoms with van der Waals surface area (Å²) in [7, 11) is 0. The van der Waals surface area contributed by atoms with Gasteiger partial charge in [0.2, 0.25) is 5.91 Å². The van der Waals surface area contributed by atoms with E-state index in [0.717, 1.165) is 26.2 Å². The van der Waals surface area contributed by atoms with E-state index in [2.05, 4.69) is 34.4 Å². The Morgan fingerprint density at radius 2 is 2.07 bits per heavy atom. The molecule has 0 saturated carbocycles. The third-order valence-electron chi connectivity index (χ3n) is 2.40. The number of hydrogen-bond donors (Lipinski definition) is 0. The van der Waals surface area contributed by atoms with E-state index in [1.54, 1.807) is 4.90 Å². The van der Waals surface area contributed by atoms with E-state index in [1.165, 1.54) is 0 Å². The van der Waals surface area contributed by atoms with Gasteiger partial charge in [0, 0.05) is 26.2 Å². The van der Waals surface area contributed by atoms with Gasteiger partial charge in [0.25, 0.3) is 0 Å². The number of alkyl halides is 1. The number of halogens is 1. The molecule has 0 aromatic carbocycles. The van der Waals surface area contributed by atoms with Crippen LogP contribution >= 0.6 is 22.6 Å². The van der Waals surface area contributed by atoms with Crippen molar-refractivity contribution in [2.24, 2.45) is 0 Å². The minimum absolute atomic E-state index is 0.0137. The predicted molar refractivity (Wildman–Crippen MR) is 61.9 cm³/mol. The number of amides is 1. The van der Waals surface area contributed by atoms with E-state index in [0.29, 0.717) is 4.05 Å². The third kappa shape index (κ3) is 3.10. The minimum atomic E-state index is -0.0340. The van der Waals surface area contributed by atoms with Crippen LogP contribution in [0, 0.1) is 11.3 Å². The molecule has 5 heteroatoms. The highest BCUT2D eigenvalue weighted by Gasteiger charge is 2.22. The SMILES string of the molecule is CC(I)N1CCN(C(=O)CC#N)CC1. The average Bonchev–Trinajstić information content (AvgIpc) is 2.18. The molecule has 4 nitrogen and oxygen atoms in total. The summed E-state index contributed by atoms with van der Waals surface area (Å²) in [6, 6.07) is 1.89. The Hall–Kier alpha value is -0.350. The van der Waals surface area contributed by atoms with Gasteiger partial charge < -0.3 is 4.90 Å². The van der Waals surface area contributed by atoms with Crippen LogP contribution in [0.15, 0.2) is 0 Å². The van der Waals surface area contributed by atoms with Gasteiger partial charge in [0.05, 0.1) is 10.1 Å². The van der Waals surface area contributed by atoms with Gasteiger partial charge in [-0.05, 0) is 6.92 Å². The first kappa shape index (κ1) is 11.7. The van der Waals surface area contributed by atoms with Crippen molar-refractivity contribution in [1.29, 1.82) is 5.26 Å². The predicted octanol–water partition coefficient (Wildman–Crippen LogP) is 0.825. The summed E-state index contributed by atoms with van der Waals surface area (Å²) in [6.07, 6.45) is 0.0137. The van der Waals surface area contributed by atoms with Crippen LogP contribution in [0.2, 0.25) is 0 Å². The number of nitrogens with zero attached hydrogens (tertiary/aromatic N) is 3. The molecular weight excluding hydrogens is 293 g/mol. The van der Waals surface area contributed by atoms with Crippen molar-refractivity contribution >= 4 is 28.5 Å². The van der Waals surface area contributed by atoms with Crippen LogP contribution in [-0.4, -0.2) is 45.9 Å². The van der Waals surface area contributed by atoms with Gasteiger partial charge in [-0.3, -0.25) is 9.69 Å². The first-order valence-electron chi connectivity index (χ1n) is 4.68. The van der Waals surface area contributed by atoms with Crippen molar-refractivity contribution in [3.63, 3.8) is 0 Å². The summed E-state index contributed by atoms with van der Waals surface area (Å²) in [4.78, 5) is 15.5. The first-order valence-corrected chi connectivity index (χ1v) is 5.92. The molecule has 0 bridgehead atoms. The number of nitriles is 1. The van der Waals surface area contributed by atoms with Crippen molar-refractivity contribution in [3.05, 3.63) is 0 Å². The maximum atomic E-state index is 11.4. The van der Waals surface area contributed by atoms with Crippen LogP contribution in [0.4, 0.5) is 0 Å². The molecule has 78 valence electrons. The lowest BCUT2D eigenvalue weighted by atomic mass is 10.3. The summed E-state index contributed by atoms with van der Waals surface area (Å²) in [5, 5.41) is 8.40. The van der Waals surface area contributed by atoms with Crippen molar-refractivity contribution in [1.82, 2.24) is 9.80 Å². The zero-order chi connectivity index (χ0) is 10.6. The maximum Gasteiger partial charge on any atom is 0.236 e. The lowest BCUT2D eigenvalue weighted by Gasteiger charge is -2.35. The lowest BCUT2D eigenvalue weighted by Crippen LogP contribution is -2.50. The third-order valence-corrected chi connectivity index (χ3v) is 3.19. The second kappa shape index (κ2) is 5.51. The standard InChI is InChI=1S/C9H14IN3O/c1-8(10)12-4-6-13(7-5-12)9(14)2-3-11/h8H,2,4-7H2,1H3. The molecule has 14 heavy (non-hydrogen) atoms. The van der Waals surface area contributed by atoms with Crippen molar-refractivity contribution in [2.75, 3.05) is 26.2 Å². The number of carbonyl (C=O) groups excluding carboxylic acids is 1. The van der Waals surface area contributed by atoms with Crippen LogP contribution in [0.3, 0.4) is 0 Å². The van der Waals surface area contributed by atoms with E-state index in [4.69, 9.17) is 5.26 Å². The molecule has 1 saturated heterocycles. The fourth-order valence-corrected chi connectivity index (χ4v) is 2.06. The molecule has 1 atom stereocenters. The fraction of sp³-hybridized carbons (Fsp3) is 0.778. The molecule has 1 heterocycles. The topological polar surface area (TPSA) is 47.3 Å². The summed E-state index contributed by atoms with van der Waals surface area (Å²) in [6.45, 7) is 5.50. The second-order valence-electron chi connectivity index (χ2n) is 3.33.